The second-order valence-electron chi connectivity index (χ2n) is 3.41. The monoisotopic (exact) mass is 199 g/mol. The predicted octanol–water partition coefficient (Wildman–Crippen LogP) is 2.32. The van der Waals surface area contributed by atoms with Gasteiger partial charge in [0.15, 0.2) is 0 Å². The minimum Gasteiger partial charge on any atom is -0.365 e. The number of hydrogen-bond acceptors (Lipinski definition) is 2. The fourth-order valence-electron chi connectivity index (χ4n) is 1.69. The predicted molar refractivity (Wildman–Crippen MR) is 58.5 cm³/mol. The van der Waals surface area contributed by atoms with Gasteiger partial charge in [-0.05, 0) is 12.1 Å². The van der Waals surface area contributed by atoms with E-state index in [4.69, 9.17) is 0 Å². The Hall–Kier alpha value is -2.23. The van der Waals surface area contributed by atoms with Crippen molar-refractivity contribution in [1.29, 1.82) is 0 Å². The van der Waals surface area contributed by atoms with Crippen molar-refractivity contribution in [2.45, 2.75) is 0 Å². The van der Waals surface area contributed by atoms with E-state index in [-0.39, 0.29) is 5.91 Å². The highest BCUT2D eigenvalue weighted by Gasteiger charge is 2.18. The Morgan fingerprint density at radius 2 is 1.60 bits per heavy atom. The van der Waals surface area contributed by atoms with Crippen molar-refractivity contribution >= 4 is 23.0 Å². The molecule has 1 amide bonds. The first-order valence-electron chi connectivity index (χ1n) is 4.69. The molecule has 3 rings (SSSR count). The van der Waals surface area contributed by atoms with Crippen molar-refractivity contribution in [2.75, 3.05) is 10.6 Å². The molecule has 0 fully saturated rings. The normalized spacial score (nSPS) is 13.2. The van der Waals surface area contributed by atoms with Crippen LogP contribution in [0.2, 0.25) is 0 Å². The lowest BCUT2D eigenvalue weighted by Crippen LogP contribution is -2.09. The summed E-state index contributed by atoms with van der Waals surface area (Å²) in [5.74, 6) is -0.0938. The molecule has 2 aromatic rings. The Morgan fingerprint density at radius 3 is 2.40 bits per heavy atom. The van der Waals surface area contributed by atoms with Crippen LogP contribution in [-0.2, 0) is 0 Å². The number of carbonyl (C=O) groups is 1. The molecule has 4 heteroatoms. The number of benzene rings is 1. The lowest BCUT2D eigenvalue weighted by atomic mass is 10.2. The summed E-state index contributed by atoms with van der Waals surface area (Å²) in [6.07, 6.45) is 3.46. The topological polar surface area (TPSA) is 56.9 Å². The van der Waals surface area contributed by atoms with Crippen molar-refractivity contribution < 1.29 is 4.79 Å². The zero-order chi connectivity index (χ0) is 10.3. The first-order chi connectivity index (χ1) is 7.34. The molecule has 0 unspecified atom stereocenters. The molecule has 15 heavy (non-hydrogen) atoms. The van der Waals surface area contributed by atoms with Crippen LogP contribution in [0.25, 0.3) is 0 Å². The second kappa shape index (κ2) is 2.88. The largest absolute Gasteiger partial charge is 0.365 e. The molecular weight excluding hydrogens is 190 g/mol. The molecule has 0 radical (unpaired) electrons. The molecule has 3 N–H and O–H groups in total. The Balaban J connectivity index is 2.18. The third-order valence-electron chi connectivity index (χ3n) is 2.43. The maximum absolute atomic E-state index is 11.8. The summed E-state index contributed by atoms with van der Waals surface area (Å²) >= 11 is 0. The van der Waals surface area contributed by atoms with Crippen molar-refractivity contribution in [3.63, 3.8) is 0 Å². The summed E-state index contributed by atoms with van der Waals surface area (Å²) in [5.41, 5.74) is 3.14. The minimum absolute atomic E-state index is 0.0938. The number of para-hydroxylation sites is 2. The highest BCUT2D eigenvalue weighted by molar-refractivity contribution is 6.11. The van der Waals surface area contributed by atoms with Crippen LogP contribution in [-0.4, -0.2) is 10.9 Å². The van der Waals surface area contributed by atoms with E-state index in [2.05, 4.69) is 15.6 Å². The molecule has 4 nitrogen and oxygen atoms in total. The fourth-order valence-corrected chi connectivity index (χ4v) is 1.69. The molecule has 0 spiro atoms. The Morgan fingerprint density at radius 1 is 0.867 bits per heavy atom. The molecule has 1 aliphatic heterocycles. The van der Waals surface area contributed by atoms with Gasteiger partial charge in [0.05, 0.1) is 22.6 Å². The van der Waals surface area contributed by atoms with Crippen molar-refractivity contribution in [2.24, 2.45) is 0 Å². The Bertz CT molecular complexity index is 530. The molecular formula is C11H9N3O. The summed E-state index contributed by atoms with van der Waals surface area (Å²) in [6.45, 7) is 0. The third-order valence-corrected chi connectivity index (χ3v) is 2.43. The van der Waals surface area contributed by atoms with Gasteiger partial charge >= 0.3 is 0 Å². The summed E-state index contributed by atoms with van der Waals surface area (Å²) in [6, 6.07) is 7.62. The van der Waals surface area contributed by atoms with Crippen molar-refractivity contribution in [3.8, 4) is 0 Å². The number of amides is 1. The van der Waals surface area contributed by atoms with E-state index in [1.165, 1.54) is 0 Å². The number of nitrogens with one attached hydrogen (secondary N) is 3. The highest BCUT2D eigenvalue weighted by atomic mass is 16.1. The van der Waals surface area contributed by atoms with Gasteiger partial charge in [-0.25, -0.2) is 0 Å². The van der Waals surface area contributed by atoms with Gasteiger partial charge in [0.1, 0.15) is 0 Å². The lowest BCUT2D eigenvalue weighted by molar-refractivity contribution is 0.102. The number of rotatable bonds is 0. The second-order valence-corrected chi connectivity index (χ2v) is 3.41. The minimum atomic E-state index is -0.0938. The van der Waals surface area contributed by atoms with Gasteiger partial charge in [-0.1, -0.05) is 12.1 Å². The number of aromatic nitrogens is 1. The van der Waals surface area contributed by atoms with Crippen LogP contribution in [0, 0.1) is 0 Å². The Labute approximate surface area is 86.3 Å². The maximum atomic E-state index is 11.8. The standard InChI is InChI=1S/C11H9N3O/c15-11-7-5-12-6-10(7)13-8-3-1-2-4-9(8)14-11/h1-6,12-13H,(H,14,15). The molecule has 0 aliphatic carbocycles. The zero-order valence-electron chi connectivity index (χ0n) is 7.87. The molecule has 2 heterocycles. The average molecular weight is 199 g/mol. The van der Waals surface area contributed by atoms with Gasteiger partial charge < -0.3 is 15.6 Å². The van der Waals surface area contributed by atoms with Crippen molar-refractivity contribution in [3.05, 3.63) is 42.2 Å². The van der Waals surface area contributed by atoms with Crippen LogP contribution >= 0.6 is 0 Å². The SMILES string of the molecule is O=C1Nc2ccccc2Nc2c[nH]cc21. The molecule has 1 aromatic carbocycles. The van der Waals surface area contributed by atoms with E-state index >= 15 is 0 Å². The van der Waals surface area contributed by atoms with Crippen LogP contribution in [0.4, 0.5) is 17.1 Å². The summed E-state index contributed by atoms with van der Waals surface area (Å²) in [5, 5.41) is 6.04. The van der Waals surface area contributed by atoms with E-state index in [0.717, 1.165) is 17.1 Å². The Kier molecular flexibility index (Phi) is 1.56. The van der Waals surface area contributed by atoms with E-state index in [1.807, 2.05) is 24.3 Å². The fraction of sp³-hybridized carbons (Fsp3) is 0. The number of anilines is 3. The number of H-pyrrole nitrogens is 1. The first-order valence-corrected chi connectivity index (χ1v) is 4.69. The number of carbonyl (C=O) groups excluding carboxylic acids is 1. The van der Waals surface area contributed by atoms with Crippen LogP contribution in [0.3, 0.4) is 0 Å². The highest BCUT2D eigenvalue weighted by Crippen LogP contribution is 2.30. The molecule has 1 aromatic heterocycles. The van der Waals surface area contributed by atoms with Gasteiger partial charge in [-0.15, -0.1) is 0 Å². The van der Waals surface area contributed by atoms with Gasteiger partial charge in [0.25, 0.3) is 5.91 Å². The summed E-state index contributed by atoms with van der Waals surface area (Å²) < 4.78 is 0. The quantitative estimate of drug-likeness (QED) is 0.609. The van der Waals surface area contributed by atoms with Crippen LogP contribution in [0.1, 0.15) is 10.4 Å². The number of fused-ring (bicyclic) bond motifs is 2. The lowest BCUT2D eigenvalue weighted by Gasteiger charge is -2.06. The van der Waals surface area contributed by atoms with Gasteiger partial charge in [-0.2, -0.15) is 0 Å². The smallest absolute Gasteiger partial charge is 0.259 e. The molecule has 0 bridgehead atoms. The average Bonchev–Trinajstić information content (AvgIpc) is 2.64. The summed E-state index contributed by atoms with van der Waals surface area (Å²) in [4.78, 5) is 14.7. The first kappa shape index (κ1) is 8.11. The third kappa shape index (κ3) is 1.19. The maximum Gasteiger partial charge on any atom is 0.259 e. The van der Waals surface area contributed by atoms with Gasteiger partial charge in [0, 0.05) is 12.4 Å². The zero-order valence-corrected chi connectivity index (χ0v) is 7.87. The molecule has 0 saturated heterocycles. The molecule has 0 saturated carbocycles. The van der Waals surface area contributed by atoms with Crippen LogP contribution < -0.4 is 10.6 Å². The molecule has 74 valence electrons. The van der Waals surface area contributed by atoms with E-state index in [1.54, 1.807) is 12.4 Å². The van der Waals surface area contributed by atoms with Crippen LogP contribution in [0.15, 0.2) is 36.7 Å². The van der Waals surface area contributed by atoms with E-state index < -0.39 is 0 Å². The van der Waals surface area contributed by atoms with Gasteiger partial charge in [0.2, 0.25) is 0 Å². The van der Waals surface area contributed by atoms with Gasteiger partial charge in [-0.3, -0.25) is 4.79 Å². The number of hydrogen-bond donors (Lipinski definition) is 3. The van der Waals surface area contributed by atoms with Crippen molar-refractivity contribution in [1.82, 2.24) is 4.98 Å². The van der Waals surface area contributed by atoms with E-state index in [9.17, 15) is 4.79 Å². The van der Waals surface area contributed by atoms with E-state index in [0.29, 0.717) is 5.56 Å². The number of aromatic amines is 1. The molecule has 1 aliphatic rings. The van der Waals surface area contributed by atoms with Crippen LogP contribution in [0.5, 0.6) is 0 Å². The summed E-state index contributed by atoms with van der Waals surface area (Å²) in [7, 11) is 0. The molecule has 0 atom stereocenters.